The standard InChI is InChI=1S/C26H29N3O2/c1-6-26(4,5)20-13-16(2)11-18(24(20)30)15-19-12-17(3)14-23(25(19)31)29-27-21-9-7-8-10-22(21)28-29/h7-14,30-31H,6,15H2,1-5H3. The zero-order valence-corrected chi connectivity index (χ0v) is 18.8. The van der Waals surface area contributed by atoms with Crippen molar-refractivity contribution in [3.8, 4) is 17.2 Å². The van der Waals surface area contributed by atoms with Gasteiger partial charge in [0.25, 0.3) is 0 Å². The third-order valence-corrected chi connectivity index (χ3v) is 6.14. The molecule has 4 rings (SSSR count). The summed E-state index contributed by atoms with van der Waals surface area (Å²) in [5.41, 5.74) is 6.51. The predicted octanol–water partition coefficient (Wildman–Crippen LogP) is 5.73. The van der Waals surface area contributed by atoms with Crippen molar-refractivity contribution in [2.75, 3.05) is 0 Å². The molecule has 0 amide bonds. The number of hydrogen-bond acceptors (Lipinski definition) is 4. The molecule has 0 fully saturated rings. The maximum absolute atomic E-state index is 11.1. The second-order valence-electron chi connectivity index (χ2n) is 9.00. The number of benzene rings is 3. The summed E-state index contributed by atoms with van der Waals surface area (Å²) in [5, 5.41) is 31.2. The molecule has 0 aliphatic carbocycles. The van der Waals surface area contributed by atoms with Crippen LogP contribution in [0.25, 0.3) is 16.7 Å². The van der Waals surface area contributed by atoms with Crippen LogP contribution in [0.4, 0.5) is 0 Å². The number of rotatable bonds is 5. The highest BCUT2D eigenvalue weighted by Crippen LogP contribution is 2.39. The number of phenolic OH excluding ortho intramolecular Hbond substituents is 2. The Kier molecular flexibility index (Phi) is 5.21. The van der Waals surface area contributed by atoms with E-state index in [4.69, 9.17) is 0 Å². The highest BCUT2D eigenvalue weighted by molar-refractivity contribution is 5.73. The molecule has 0 spiro atoms. The zero-order chi connectivity index (χ0) is 22.3. The van der Waals surface area contributed by atoms with Crippen LogP contribution in [0.1, 0.15) is 55.0 Å². The Morgan fingerprint density at radius 1 is 0.839 bits per heavy atom. The molecule has 1 aromatic heterocycles. The monoisotopic (exact) mass is 415 g/mol. The molecule has 4 aromatic rings. The number of nitrogens with zero attached hydrogens (tertiary/aromatic N) is 3. The molecule has 3 aromatic carbocycles. The molecule has 0 atom stereocenters. The lowest BCUT2D eigenvalue weighted by atomic mass is 9.79. The molecule has 0 saturated carbocycles. The Bertz CT molecular complexity index is 1240. The van der Waals surface area contributed by atoms with E-state index in [-0.39, 0.29) is 11.2 Å². The summed E-state index contributed by atoms with van der Waals surface area (Å²) in [7, 11) is 0. The summed E-state index contributed by atoms with van der Waals surface area (Å²) < 4.78 is 0. The Morgan fingerprint density at radius 2 is 1.39 bits per heavy atom. The van der Waals surface area contributed by atoms with Gasteiger partial charge in [-0.2, -0.15) is 0 Å². The lowest BCUT2D eigenvalue weighted by Gasteiger charge is -2.26. The Morgan fingerprint density at radius 3 is 1.97 bits per heavy atom. The van der Waals surface area contributed by atoms with Crippen LogP contribution in [-0.4, -0.2) is 25.2 Å². The Labute approximate surface area is 183 Å². The zero-order valence-electron chi connectivity index (χ0n) is 18.8. The van der Waals surface area contributed by atoms with Crippen molar-refractivity contribution in [3.05, 3.63) is 76.3 Å². The van der Waals surface area contributed by atoms with Crippen molar-refractivity contribution >= 4 is 11.0 Å². The lowest BCUT2D eigenvalue weighted by molar-refractivity contribution is 0.423. The van der Waals surface area contributed by atoms with E-state index < -0.39 is 0 Å². The van der Waals surface area contributed by atoms with Crippen LogP contribution in [0, 0.1) is 13.8 Å². The first kappa shape index (κ1) is 20.9. The van der Waals surface area contributed by atoms with Gasteiger partial charge < -0.3 is 10.2 Å². The van der Waals surface area contributed by atoms with Crippen molar-refractivity contribution < 1.29 is 10.2 Å². The van der Waals surface area contributed by atoms with Crippen LogP contribution in [0.2, 0.25) is 0 Å². The summed E-state index contributed by atoms with van der Waals surface area (Å²) in [6, 6.07) is 15.5. The molecule has 5 nitrogen and oxygen atoms in total. The minimum atomic E-state index is -0.135. The molecule has 0 saturated heterocycles. The van der Waals surface area contributed by atoms with Gasteiger partial charge in [-0.1, -0.05) is 56.7 Å². The van der Waals surface area contributed by atoms with E-state index in [1.54, 1.807) is 0 Å². The third-order valence-electron chi connectivity index (χ3n) is 6.14. The topological polar surface area (TPSA) is 71.2 Å². The van der Waals surface area contributed by atoms with E-state index in [0.717, 1.165) is 45.3 Å². The molecule has 1 heterocycles. The number of aryl methyl sites for hydroxylation is 2. The summed E-state index contributed by atoms with van der Waals surface area (Å²) in [4.78, 5) is 1.48. The van der Waals surface area contributed by atoms with Gasteiger partial charge >= 0.3 is 0 Å². The van der Waals surface area contributed by atoms with Gasteiger partial charge in [-0.3, -0.25) is 0 Å². The van der Waals surface area contributed by atoms with Crippen LogP contribution in [-0.2, 0) is 11.8 Å². The van der Waals surface area contributed by atoms with Crippen LogP contribution in [0.15, 0.2) is 48.5 Å². The lowest BCUT2D eigenvalue weighted by Crippen LogP contribution is -2.16. The molecule has 5 heteroatoms. The van der Waals surface area contributed by atoms with Gasteiger partial charge in [0.1, 0.15) is 28.2 Å². The number of phenols is 2. The van der Waals surface area contributed by atoms with Crippen molar-refractivity contribution in [1.82, 2.24) is 15.0 Å². The van der Waals surface area contributed by atoms with E-state index in [2.05, 4.69) is 37.0 Å². The first-order valence-corrected chi connectivity index (χ1v) is 10.7. The molecular weight excluding hydrogens is 386 g/mol. The minimum Gasteiger partial charge on any atom is -0.507 e. The third kappa shape index (κ3) is 3.88. The van der Waals surface area contributed by atoms with E-state index in [1.165, 1.54) is 4.80 Å². The number of hydrogen-bond donors (Lipinski definition) is 2. The first-order valence-electron chi connectivity index (χ1n) is 10.7. The van der Waals surface area contributed by atoms with E-state index in [9.17, 15) is 10.2 Å². The van der Waals surface area contributed by atoms with Crippen molar-refractivity contribution in [3.63, 3.8) is 0 Å². The van der Waals surface area contributed by atoms with Crippen molar-refractivity contribution in [1.29, 1.82) is 0 Å². The fraction of sp³-hybridized carbons (Fsp3) is 0.308. The number of aromatic hydroxyl groups is 2. The van der Waals surface area contributed by atoms with E-state index >= 15 is 0 Å². The Hall–Kier alpha value is -3.34. The maximum Gasteiger partial charge on any atom is 0.146 e. The molecule has 31 heavy (non-hydrogen) atoms. The van der Waals surface area contributed by atoms with Crippen molar-refractivity contribution in [2.24, 2.45) is 0 Å². The first-order chi connectivity index (χ1) is 14.7. The highest BCUT2D eigenvalue weighted by Gasteiger charge is 2.24. The summed E-state index contributed by atoms with van der Waals surface area (Å²) in [5.74, 6) is 0.436. The normalized spacial score (nSPS) is 11.9. The summed E-state index contributed by atoms with van der Waals surface area (Å²) >= 11 is 0. The predicted molar refractivity (Wildman–Crippen MR) is 124 cm³/mol. The molecule has 0 aliphatic heterocycles. The van der Waals surface area contributed by atoms with Crippen LogP contribution in [0.3, 0.4) is 0 Å². The van der Waals surface area contributed by atoms with Gasteiger partial charge in [-0.25, -0.2) is 0 Å². The van der Waals surface area contributed by atoms with E-state index in [1.807, 2.05) is 56.3 Å². The number of fused-ring (bicyclic) bond motifs is 1. The van der Waals surface area contributed by atoms with Gasteiger partial charge in [0.15, 0.2) is 0 Å². The fourth-order valence-electron chi connectivity index (χ4n) is 3.99. The maximum atomic E-state index is 11.1. The highest BCUT2D eigenvalue weighted by atomic mass is 16.3. The van der Waals surface area contributed by atoms with Gasteiger partial charge in [-0.15, -0.1) is 15.0 Å². The SMILES string of the molecule is CCC(C)(C)c1cc(C)cc(Cc2cc(C)cc(-n3nc4ccccc4n3)c2O)c1O. The molecule has 0 radical (unpaired) electrons. The van der Waals surface area contributed by atoms with Crippen molar-refractivity contribution in [2.45, 2.75) is 52.9 Å². The smallest absolute Gasteiger partial charge is 0.146 e. The summed E-state index contributed by atoms with van der Waals surface area (Å²) in [6.07, 6.45) is 1.34. The largest absolute Gasteiger partial charge is 0.507 e. The molecule has 2 N–H and O–H groups in total. The quantitative estimate of drug-likeness (QED) is 0.437. The van der Waals surface area contributed by atoms with Crippen LogP contribution < -0.4 is 0 Å². The van der Waals surface area contributed by atoms with Gasteiger partial charge in [0, 0.05) is 17.5 Å². The molecule has 0 bridgehead atoms. The van der Waals surface area contributed by atoms with Crippen LogP contribution in [0.5, 0.6) is 11.5 Å². The minimum absolute atomic E-state index is 0.128. The fourth-order valence-corrected chi connectivity index (χ4v) is 3.99. The average Bonchev–Trinajstić information content (AvgIpc) is 3.16. The average molecular weight is 416 g/mol. The van der Waals surface area contributed by atoms with E-state index in [0.29, 0.717) is 17.9 Å². The molecular formula is C26H29N3O2. The van der Waals surface area contributed by atoms with Crippen LogP contribution >= 0.6 is 0 Å². The molecule has 160 valence electrons. The second-order valence-corrected chi connectivity index (χ2v) is 9.00. The molecule has 0 aliphatic rings. The number of aromatic nitrogens is 3. The second kappa shape index (κ2) is 7.73. The van der Waals surface area contributed by atoms with Gasteiger partial charge in [-0.05, 0) is 55.0 Å². The van der Waals surface area contributed by atoms with Gasteiger partial charge in [0.2, 0.25) is 0 Å². The summed E-state index contributed by atoms with van der Waals surface area (Å²) in [6.45, 7) is 10.4. The Balaban J connectivity index is 1.80. The molecule has 0 unspecified atom stereocenters. The van der Waals surface area contributed by atoms with Gasteiger partial charge in [0.05, 0.1) is 0 Å².